The van der Waals surface area contributed by atoms with Gasteiger partial charge in [-0.3, -0.25) is 5.41 Å². The fourth-order valence-corrected chi connectivity index (χ4v) is 2.59. The monoisotopic (exact) mass is 285 g/mol. The standard InChI is InChI=1S/C16H19N3S/c1-16(2,3)12-4-6-13(7-5-12)20-14-10-11(15(17)18)8-9-19-14/h4-10H,1-3H3,(H3,17,18). The van der Waals surface area contributed by atoms with Gasteiger partial charge in [-0.1, -0.05) is 44.7 Å². The molecule has 2 rings (SSSR count). The van der Waals surface area contributed by atoms with Crippen molar-refractivity contribution in [2.45, 2.75) is 36.1 Å². The highest BCUT2D eigenvalue weighted by Crippen LogP contribution is 2.29. The number of nitrogens with zero attached hydrogens (tertiary/aromatic N) is 1. The number of pyridine rings is 1. The Bertz CT molecular complexity index is 612. The lowest BCUT2D eigenvalue weighted by atomic mass is 9.87. The fourth-order valence-electron chi connectivity index (χ4n) is 1.78. The van der Waals surface area contributed by atoms with Crippen LogP contribution in [0.4, 0.5) is 0 Å². The number of nitrogens with one attached hydrogen (secondary N) is 1. The van der Waals surface area contributed by atoms with Crippen LogP contribution < -0.4 is 5.73 Å². The van der Waals surface area contributed by atoms with Gasteiger partial charge in [0, 0.05) is 16.7 Å². The van der Waals surface area contributed by atoms with Crippen LogP contribution in [0.3, 0.4) is 0 Å². The molecule has 20 heavy (non-hydrogen) atoms. The molecule has 3 N–H and O–H groups in total. The number of hydrogen-bond donors (Lipinski definition) is 2. The number of rotatable bonds is 3. The molecule has 0 unspecified atom stereocenters. The molecule has 104 valence electrons. The molecule has 0 saturated heterocycles. The Hall–Kier alpha value is -1.81. The normalized spacial score (nSPS) is 11.3. The topological polar surface area (TPSA) is 62.8 Å². The molecule has 0 fully saturated rings. The van der Waals surface area contributed by atoms with Crippen LogP contribution in [-0.4, -0.2) is 10.8 Å². The molecule has 1 aromatic carbocycles. The van der Waals surface area contributed by atoms with Gasteiger partial charge in [0.05, 0.1) is 0 Å². The number of aromatic nitrogens is 1. The SMILES string of the molecule is CC(C)(C)c1ccc(Sc2cc(C(=N)N)ccn2)cc1. The predicted octanol–water partition coefficient (Wildman–Crippen LogP) is 3.81. The Labute approximate surface area is 124 Å². The highest BCUT2D eigenvalue weighted by Gasteiger charge is 2.13. The molecule has 1 heterocycles. The Morgan fingerprint density at radius 1 is 1.15 bits per heavy atom. The number of amidine groups is 1. The summed E-state index contributed by atoms with van der Waals surface area (Å²) in [5, 5.41) is 8.30. The zero-order valence-corrected chi connectivity index (χ0v) is 12.8. The molecule has 4 heteroatoms. The first-order chi connectivity index (χ1) is 9.36. The first-order valence-electron chi connectivity index (χ1n) is 6.45. The van der Waals surface area contributed by atoms with Crippen molar-refractivity contribution >= 4 is 17.6 Å². The summed E-state index contributed by atoms with van der Waals surface area (Å²) in [5.41, 5.74) is 7.67. The van der Waals surface area contributed by atoms with Crippen LogP contribution in [0.25, 0.3) is 0 Å². The van der Waals surface area contributed by atoms with Crippen molar-refractivity contribution in [3.8, 4) is 0 Å². The molecule has 0 bridgehead atoms. The van der Waals surface area contributed by atoms with E-state index >= 15 is 0 Å². The summed E-state index contributed by atoms with van der Waals surface area (Å²) in [4.78, 5) is 5.43. The molecular weight excluding hydrogens is 266 g/mol. The summed E-state index contributed by atoms with van der Waals surface area (Å²) in [6.07, 6.45) is 1.68. The summed E-state index contributed by atoms with van der Waals surface area (Å²) < 4.78 is 0. The summed E-state index contributed by atoms with van der Waals surface area (Å²) in [5.74, 6) is 0.0670. The second-order valence-electron chi connectivity index (χ2n) is 5.67. The largest absolute Gasteiger partial charge is 0.384 e. The van der Waals surface area contributed by atoms with Gasteiger partial charge in [0.15, 0.2) is 0 Å². The molecule has 1 aromatic heterocycles. The van der Waals surface area contributed by atoms with Crippen LogP contribution in [0.15, 0.2) is 52.5 Å². The van der Waals surface area contributed by atoms with Crippen molar-refractivity contribution in [1.29, 1.82) is 5.41 Å². The van der Waals surface area contributed by atoms with Crippen molar-refractivity contribution < 1.29 is 0 Å². The third-order valence-electron chi connectivity index (χ3n) is 2.99. The van der Waals surface area contributed by atoms with E-state index < -0.39 is 0 Å². The lowest BCUT2D eigenvalue weighted by molar-refractivity contribution is 0.590. The van der Waals surface area contributed by atoms with Crippen molar-refractivity contribution in [2.75, 3.05) is 0 Å². The minimum atomic E-state index is 0.0670. The molecule has 0 aliphatic rings. The molecule has 0 amide bonds. The van der Waals surface area contributed by atoms with Gasteiger partial charge in [-0.25, -0.2) is 4.98 Å². The maximum absolute atomic E-state index is 7.45. The predicted molar refractivity (Wildman–Crippen MR) is 84.5 cm³/mol. The quantitative estimate of drug-likeness (QED) is 0.665. The van der Waals surface area contributed by atoms with Crippen molar-refractivity contribution in [1.82, 2.24) is 4.98 Å². The van der Waals surface area contributed by atoms with Crippen molar-refractivity contribution in [3.05, 3.63) is 53.7 Å². The van der Waals surface area contributed by atoms with Gasteiger partial charge in [0.25, 0.3) is 0 Å². The zero-order valence-electron chi connectivity index (χ0n) is 12.0. The summed E-state index contributed by atoms with van der Waals surface area (Å²) in [6.45, 7) is 6.60. The molecule has 0 atom stereocenters. The Kier molecular flexibility index (Phi) is 4.14. The number of hydrogen-bond acceptors (Lipinski definition) is 3. The molecule has 0 aliphatic carbocycles. The maximum atomic E-state index is 7.45. The van der Waals surface area contributed by atoms with Gasteiger partial charge in [-0.15, -0.1) is 0 Å². The van der Waals surface area contributed by atoms with Crippen LogP contribution >= 0.6 is 11.8 Å². The molecule has 0 aliphatic heterocycles. The van der Waals surface area contributed by atoms with Gasteiger partial charge < -0.3 is 5.73 Å². The van der Waals surface area contributed by atoms with E-state index in [9.17, 15) is 0 Å². The molecule has 3 nitrogen and oxygen atoms in total. The maximum Gasteiger partial charge on any atom is 0.122 e. The van der Waals surface area contributed by atoms with Gasteiger partial charge in [-0.05, 0) is 35.2 Å². The van der Waals surface area contributed by atoms with Crippen LogP contribution in [0.1, 0.15) is 31.9 Å². The average molecular weight is 285 g/mol. The minimum absolute atomic E-state index is 0.0670. The Morgan fingerprint density at radius 3 is 2.35 bits per heavy atom. The van der Waals surface area contributed by atoms with E-state index in [1.807, 2.05) is 6.07 Å². The lowest BCUT2D eigenvalue weighted by Crippen LogP contribution is -2.11. The van der Waals surface area contributed by atoms with E-state index in [1.165, 1.54) is 5.56 Å². The zero-order chi connectivity index (χ0) is 14.8. The third-order valence-corrected chi connectivity index (χ3v) is 3.93. The van der Waals surface area contributed by atoms with E-state index in [2.05, 4.69) is 50.0 Å². The smallest absolute Gasteiger partial charge is 0.122 e. The van der Waals surface area contributed by atoms with Gasteiger partial charge in [0.2, 0.25) is 0 Å². The average Bonchev–Trinajstić information content (AvgIpc) is 2.38. The third kappa shape index (κ3) is 3.61. The first kappa shape index (κ1) is 14.6. The van der Waals surface area contributed by atoms with E-state index in [-0.39, 0.29) is 11.3 Å². The van der Waals surface area contributed by atoms with E-state index in [0.29, 0.717) is 5.56 Å². The van der Waals surface area contributed by atoms with E-state index in [0.717, 1.165) is 9.92 Å². The van der Waals surface area contributed by atoms with Gasteiger partial charge >= 0.3 is 0 Å². The number of nitrogen functional groups attached to an aromatic ring is 1. The highest BCUT2D eigenvalue weighted by molar-refractivity contribution is 7.99. The summed E-state index contributed by atoms with van der Waals surface area (Å²) >= 11 is 1.58. The highest BCUT2D eigenvalue weighted by atomic mass is 32.2. The molecule has 0 saturated carbocycles. The summed E-state index contributed by atoms with van der Waals surface area (Å²) in [6, 6.07) is 12.1. The summed E-state index contributed by atoms with van der Waals surface area (Å²) in [7, 11) is 0. The minimum Gasteiger partial charge on any atom is -0.384 e. The van der Waals surface area contributed by atoms with E-state index in [1.54, 1.807) is 24.0 Å². The number of benzene rings is 1. The molecular formula is C16H19N3S. The van der Waals surface area contributed by atoms with Gasteiger partial charge in [-0.2, -0.15) is 0 Å². The van der Waals surface area contributed by atoms with Gasteiger partial charge in [0.1, 0.15) is 10.9 Å². The first-order valence-corrected chi connectivity index (χ1v) is 7.27. The fraction of sp³-hybridized carbons (Fsp3) is 0.250. The second kappa shape index (κ2) is 5.67. The van der Waals surface area contributed by atoms with E-state index in [4.69, 9.17) is 11.1 Å². The Balaban J connectivity index is 2.18. The van der Waals surface area contributed by atoms with Crippen molar-refractivity contribution in [2.24, 2.45) is 5.73 Å². The van der Waals surface area contributed by atoms with Crippen LogP contribution in [-0.2, 0) is 5.41 Å². The second-order valence-corrected chi connectivity index (χ2v) is 6.77. The van der Waals surface area contributed by atoms with Crippen LogP contribution in [0.5, 0.6) is 0 Å². The molecule has 2 aromatic rings. The number of nitrogens with two attached hydrogens (primary N) is 1. The van der Waals surface area contributed by atoms with Crippen LogP contribution in [0.2, 0.25) is 0 Å². The van der Waals surface area contributed by atoms with Crippen LogP contribution in [0, 0.1) is 5.41 Å². The molecule has 0 radical (unpaired) electrons. The molecule has 0 spiro atoms. The lowest BCUT2D eigenvalue weighted by Gasteiger charge is -2.19. The Morgan fingerprint density at radius 2 is 1.80 bits per heavy atom. The van der Waals surface area contributed by atoms with Crippen molar-refractivity contribution in [3.63, 3.8) is 0 Å².